The van der Waals surface area contributed by atoms with Gasteiger partial charge in [0.15, 0.2) is 5.76 Å². The van der Waals surface area contributed by atoms with E-state index in [1.807, 2.05) is 37.3 Å². The first-order valence-electron chi connectivity index (χ1n) is 9.98. The third-order valence-electron chi connectivity index (χ3n) is 5.27. The standard InChI is InChI=1S/C23H24N2O3S/c1-15(16-9-4-2-5-10-16)24-22(27)20-17-11-6-3-7-13-19(17)29-23(20)25-21(26)18-12-8-14-28-18/h2,4-5,8-10,12,14-15H,3,6-7,11,13H2,1H3,(H,24,27)(H,25,26)/t15-/m1/s1. The number of benzene rings is 1. The van der Waals surface area contributed by atoms with Crippen LogP contribution in [0, 0.1) is 0 Å². The van der Waals surface area contributed by atoms with E-state index >= 15 is 0 Å². The first-order chi connectivity index (χ1) is 14.1. The van der Waals surface area contributed by atoms with Crippen LogP contribution in [0.4, 0.5) is 5.00 Å². The molecule has 1 atom stereocenters. The average molecular weight is 409 g/mol. The van der Waals surface area contributed by atoms with Gasteiger partial charge in [-0.2, -0.15) is 0 Å². The van der Waals surface area contributed by atoms with Gasteiger partial charge >= 0.3 is 0 Å². The number of rotatable bonds is 5. The van der Waals surface area contributed by atoms with Crippen LogP contribution in [0.25, 0.3) is 0 Å². The summed E-state index contributed by atoms with van der Waals surface area (Å²) in [7, 11) is 0. The smallest absolute Gasteiger partial charge is 0.291 e. The van der Waals surface area contributed by atoms with Gasteiger partial charge < -0.3 is 15.1 Å². The van der Waals surface area contributed by atoms with Crippen LogP contribution in [-0.2, 0) is 12.8 Å². The van der Waals surface area contributed by atoms with Crippen molar-refractivity contribution in [2.75, 3.05) is 5.32 Å². The van der Waals surface area contributed by atoms with Gasteiger partial charge in [-0.05, 0) is 55.9 Å². The summed E-state index contributed by atoms with van der Waals surface area (Å²) in [5.74, 6) is -0.246. The Hall–Kier alpha value is -2.86. The van der Waals surface area contributed by atoms with Crippen LogP contribution in [0.15, 0.2) is 53.1 Å². The molecule has 2 amide bonds. The van der Waals surface area contributed by atoms with Gasteiger partial charge in [-0.1, -0.05) is 36.8 Å². The maximum absolute atomic E-state index is 13.3. The fraction of sp³-hybridized carbons (Fsp3) is 0.304. The van der Waals surface area contributed by atoms with E-state index in [4.69, 9.17) is 4.42 Å². The molecule has 29 heavy (non-hydrogen) atoms. The summed E-state index contributed by atoms with van der Waals surface area (Å²) in [5, 5.41) is 6.63. The van der Waals surface area contributed by atoms with Gasteiger partial charge in [0.25, 0.3) is 11.8 Å². The molecule has 0 unspecified atom stereocenters. The van der Waals surface area contributed by atoms with Crippen LogP contribution < -0.4 is 10.6 Å². The molecule has 0 aliphatic heterocycles. The molecular formula is C23H24N2O3S. The fourth-order valence-corrected chi connectivity index (χ4v) is 5.02. The van der Waals surface area contributed by atoms with E-state index < -0.39 is 0 Å². The molecule has 1 aliphatic carbocycles. The number of furan rings is 1. The average Bonchev–Trinajstić information content (AvgIpc) is 3.32. The van der Waals surface area contributed by atoms with Crippen molar-refractivity contribution in [2.45, 2.75) is 45.1 Å². The lowest BCUT2D eigenvalue weighted by molar-refractivity contribution is 0.0940. The highest BCUT2D eigenvalue weighted by atomic mass is 32.1. The molecule has 2 heterocycles. The Kier molecular flexibility index (Phi) is 5.81. The highest BCUT2D eigenvalue weighted by Crippen LogP contribution is 2.38. The van der Waals surface area contributed by atoms with E-state index in [-0.39, 0.29) is 23.6 Å². The normalized spacial score (nSPS) is 14.5. The first kappa shape index (κ1) is 19.5. The molecule has 2 N–H and O–H groups in total. The van der Waals surface area contributed by atoms with Crippen molar-refractivity contribution < 1.29 is 14.0 Å². The van der Waals surface area contributed by atoms with E-state index in [0.29, 0.717) is 10.6 Å². The summed E-state index contributed by atoms with van der Waals surface area (Å²) in [5.41, 5.74) is 2.73. The van der Waals surface area contributed by atoms with Crippen molar-refractivity contribution >= 4 is 28.2 Å². The summed E-state index contributed by atoms with van der Waals surface area (Å²) in [6.45, 7) is 1.97. The molecule has 0 bridgehead atoms. The minimum absolute atomic E-state index is 0.126. The molecule has 0 saturated carbocycles. The second-order valence-corrected chi connectivity index (χ2v) is 8.41. The lowest BCUT2D eigenvalue weighted by Gasteiger charge is -2.16. The van der Waals surface area contributed by atoms with E-state index in [9.17, 15) is 9.59 Å². The number of hydrogen-bond donors (Lipinski definition) is 2. The van der Waals surface area contributed by atoms with Crippen molar-refractivity contribution in [3.05, 3.63) is 76.1 Å². The summed E-state index contributed by atoms with van der Waals surface area (Å²) in [6, 6.07) is 13.0. The van der Waals surface area contributed by atoms with Crippen LogP contribution in [-0.4, -0.2) is 11.8 Å². The third-order valence-corrected chi connectivity index (χ3v) is 6.47. The number of carbonyl (C=O) groups is 2. The highest BCUT2D eigenvalue weighted by molar-refractivity contribution is 7.17. The van der Waals surface area contributed by atoms with Gasteiger partial charge in [0.1, 0.15) is 5.00 Å². The van der Waals surface area contributed by atoms with Gasteiger partial charge in [0, 0.05) is 4.88 Å². The van der Waals surface area contributed by atoms with Gasteiger partial charge in [-0.15, -0.1) is 11.3 Å². The zero-order valence-corrected chi connectivity index (χ0v) is 17.2. The van der Waals surface area contributed by atoms with Crippen molar-refractivity contribution in [3.8, 4) is 0 Å². The zero-order chi connectivity index (χ0) is 20.2. The Balaban J connectivity index is 1.63. The third kappa shape index (κ3) is 4.27. The Bertz CT molecular complexity index is 993. The predicted octanol–water partition coefficient (Wildman–Crippen LogP) is 5.35. The van der Waals surface area contributed by atoms with Crippen LogP contribution in [0.5, 0.6) is 0 Å². The van der Waals surface area contributed by atoms with E-state index in [2.05, 4.69) is 10.6 Å². The number of amides is 2. The minimum Gasteiger partial charge on any atom is -0.459 e. The van der Waals surface area contributed by atoms with E-state index in [0.717, 1.165) is 43.2 Å². The van der Waals surface area contributed by atoms with Gasteiger partial charge in [0.05, 0.1) is 17.9 Å². The summed E-state index contributed by atoms with van der Waals surface area (Å²) in [6.07, 6.45) is 6.62. The highest BCUT2D eigenvalue weighted by Gasteiger charge is 2.27. The van der Waals surface area contributed by atoms with Gasteiger partial charge in [-0.3, -0.25) is 9.59 Å². The molecule has 5 nitrogen and oxygen atoms in total. The van der Waals surface area contributed by atoms with Crippen LogP contribution in [0.3, 0.4) is 0 Å². The summed E-state index contributed by atoms with van der Waals surface area (Å²) < 4.78 is 5.20. The fourth-order valence-electron chi connectivity index (χ4n) is 3.74. The maximum Gasteiger partial charge on any atom is 0.291 e. The van der Waals surface area contributed by atoms with Crippen molar-refractivity contribution in [3.63, 3.8) is 0 Å². The van der Waals surface area contributed by atoms with Gasteiger partial charge in [0.2, 0.25) is 0 Å². The Labute approximate surface area is 174 Å². The number of hydrogen-bond acceptors (Lipinski definition) is 4. The molecule has 1 aliphatic rings. The second-order valence-electron chi connectivity index (χ2n) is 7.31. The number of thiophene rings is 1. The molecule has 3 aromatic rings. The SMILES string of the molecule is C[C@@H](NC(=O)c1c(NC(=O)c2ccco2)sc2c1CCCCC2)c1ccccc1. The van der Waals surface area contributed by atoms with E-state index in [1.54, 1.807) is 12.1 Å². The monoisotopic (exact) mass is 408 g/mol. The Morgan fingerprint density at radius 3 is 2.55 bits per heavy atom. The molecule has 4 rings (SSSR count). The maximum atomic E-state index is 13.3. The van der Waals surface area contributed by atoms with Gasteiger partial charge in [-0.25, -0.2) is 0 Å². The number of nitrogens with one attached hydrogen (secondary N) is 2. The molecule has 0 saturated heterocycles. The Morgan fingerprint density at radius 1 is 1.00 bits per heavy atom. The zero-order valence-electron chi connectivity index (χ0n) is 16.4. The van der Waals surface area contributed by atoms with Crippen LogP contribution >= 0.6 is 11.3 Å². The first-order valence-corrected chi connectivity index (χ1v) is 10.8. The molecule has 1 aromatic carbocycles. The topological polar surface area (TPSA) is 71.3 Å². The quantitative estimate of drug-likeness (QED) is 0.559. The molecule has 0 radical (unpaired) electrons. The van der Waals surface area contributed by atoms with Crippen molar-refractivity contribution in [1.82, 2.24) is 5.32 Å². The largest absolute Gasteiger partial charge is 0.459 e. The second kappa shape index (κ2) is 8.66. The summed E-state index contributed by atoms with van der Waals surface area (Å²) in [4.78, 5) is 27.0. The number of anilines is 1. The number of fused-ring (bicyclic) bond motifs is 1. The molecule has 0 fully saturated rings. The molecule has 150 valence electrons. The molecule has 0 spiro atoms. The predicted molar refractivity (Wildman–Crippen MR) is 115 cm³/mol. The van der Waals surface area contributed by atoms with Crippen LogP contribution in [0.2, 0.25) is 0 Å². The lowest BCUT2D eigenvalue weighted by atomic mass is 10.0. The number of carbonyl (C=O) groups excluding carboxylic acids is 2. The molecule has 6 heteroatoms. The van der Waals surface area contributed by atoms with Crippen molar-refractivity contribution in [1.29, 1.82) is 0 Å². The van der Waals surface area contributed by atoms with Crippen molar-refractivity contribution in [2.24, 2.45) is 0 Å². The van der Waals surface area contributed by atoms with E-state index in [1.165, 1.54) is 22.5 Å². The lowest BCUT2D eigenvalue weighted by Crippen LogP contribution is -2.28. The number of aryl methyl sites for hydroxylation is 1. The molecule has 2 aromatic heterocycles. The van der Waals surface area contributed by atoms with Crippen LogP contribution in [0.1, 0.15) is 69.1 Å². The molecular weight excluding hydrogens is 384 g/mol. The summed E-state index contributed by atoms with van der Waals surface area (Å²) >= 11 is 1.52. The Morgan fingerprint density at radius 2 is 1.79 bits per heavy atom. The minimum atomic E-state index is -0.337.